The monoisotopic (exact) mass is 376 g/mol. The molecule has 0 radical (unpaired) electrons. The van der Waals surface area contributed by atoms with Crippen molar-refractivity contribution in [1.82, 2.24) is 0 Å². The van der Waals surface area contributed by atoms with Gasteiger partial charge in [0.25, 0.3) is 0 Å². The molecule has 0 heterocycles. The molecule has 0 bridgehead atoms. The summed E-state index contributed by atoms with van der Waals surface area (Å²) in [5.41, 5.74) is 0. The Morgan fingerprint density at radius 1 is 0.556 bits per heavy atom. The average molecular weight is 377 g/mol. The van der Waals surface area contributed by atoms with Crippen LogP contribution in [-0.2, 0) is 4.74 Å². The van der Waals surface area contributed by atoms with Crippen molar-refractivity contribution in [2.45, 2.75) is 129 Å². The van der Waals surface area contributed by atoms with Crippen LogP contribution in [-0.4, -0.2) is 12.7 Å². The normalized spacial score (nSPS) is 38.0. The predicted molar refractivity (Wildman–Crippen MR) is 117 cm³/mol. The largest absolute Gasteiger partial charge is 0.378 e. The van der Waals surface area contributed by atoms with Crippen LogP contribution < -0.4 is 0 Å². The number of unbranched alkanes of at least 4 members (excludes halogenated alkanes) is 1. The first-order valence-corrected chi connectivity index (χ1v) is 12.9. The van der Waals surface area contributed by atoms with Crippen LogP contribution in [0.2, 0.25) is 0 Å². The summed E-state index contributed by atoms with van der Waals surface area (Å²) in [4.78, 5) is 0. The van der Waals surface area contributed by atoms with Gasteiger partial charge in [-0.15, -0.1) is 0 Å². The molecule has 0 spiro atoms. The molecule has 3 rings (SSSR count). The third-order valence-electron chi connectivity index (χ3n) is 8.47. The van der Waals surface area contributed by atoms with E-state index in [-0.39, 0.29) is 0 Å². The lowest BCUT2D eigenvalue weighted by Gasteiger charge is -2.38. The summed E-state index contributed by atoms with van der Waals surface area (Å²) in [6.07, 6.45) is 25.3. The predicted octanol–water partition coefficient (Wildman–Crippen LogP) is 8.16. The molecule has 27 heavy (non-hydrogen) atoms. The summed E-state index contributed by atoms with van der Waals surface area (Å²) in [6, 6.07) is 0. The van der Waals surface area contributed by atoms with Gasteiger partial charge < -0.3 is 4.74 Å². The van der Waals surface area contributed by atoms with Crippen molar-refractivity contribution in [3.63, 3.8) is 0 Å². The number of hydrogen-bond donors (Lipinski definition) is 0. The van der Waals surface area contributed by atoms with Crippen LogP contribution in [0.25, 0.3) is 0 Å². The van der Waals surface area contributed by atoms with E-state index in [4.69, 9.17) is 4.74 Å². The molecule has 1 nitrogen and oxygen atoms in total. The van der Waals surface area contributed by atoms with E-state index in [1.165, 1.54) is 96.3 Å². The smallest absolute Gasteiger partial charge is 0.0575 e. The van der Waals surface area contributed by atoms with Crippen LogP contribution in [0.3, 0.4) is 0 Å². The Kier molecular flexibility index (Phi) is 9.50. The fourth-order valence-electron chi connectivity index (χ4n) is 6.54. The van der Waals surface area contributed by atoms with Crippen molar-refractivity contribution in [1.29, 1.82) is 0 Å². The van der Waals surface area contributed by atoms with E-state index in [0.717, 1.165) is 36.2 Å². The molecular formula is C26H48O. The Morgan fingerprint density at radius 3 is 1.63 bits per heavy atom. The van der Waals surface area contributed by atoms with Crippen LogP contribution in [0.5, 0.6) is 0 Å². The standard InChI is InChI=1S/C26H48O/c1-3-5-7-22-8-14-24(15-9-22)25-16-10-23(11-17-25)20-27-26-18-12-21(6-4-2)13-19-26/h21-26H,3-20H2,1-2H3. The van der Waals surface area contributed by atoms with Gasteiger partial charge in [0.05, 0.1) is 6.10 Å². The molecule has 3 fully saturated rings. The highest BCUT2D eigenvalue weighted by molar-refractivity contribution is 4.82. The lowest BCUT2D eigenvalue weighted by molar-refractivity contribution is -0.0129. The topological polar surface area (TPSA) is 9.23 Å². The molecule has 3 saturated carbocycles. The molecular weight excluding hydrogens is 328 g/mol. The van der Waals surface area contributed by atoms with Gasteiger partial charge in [-0.2, -0.15) is 0 Å². The maximum Gasteiger partial charge on any atom is 0.0575 e. The minimum atomic E-state index is 0.592. The third kappa shape index (κ3) is 7.06. The molecule has 3 aliphatic rings. The van der Waals surface area contributed by atoms with Crippen LogP contribution in [0, 0.1) is 29.6 Å². The number of ether oxygens (including phenoxy) is 1. The van der Waals surface area contributed by atoms with Gasteiger partial charge >= 0.3 is 0 Å². The molecule has 0 saturated heterocycles. The number of rotatable bonds is 9. The second-order valence-corrected chi connectivity index (χ2v) is 10.5. The van der Waals surface area contributed by atoms with Gasteiger partial charge in [0.15, 0.2) is 0 Å². The lowest BCUT2D eigenvalue weighted by Crippen LogP contribution is -2.29. The molecule has 158 valence electrons. The quantitative estimate of drug-likeness (QED) is 0.394. The molecule has 1 heteroatoms. The van der Waals surface area contributed by atoms with Gasteiger partial charge in [-0.05, 0) is 93.8 Å². The molecule has 3 aliphatic carbocycles. The van der Waals surface area contributed by atoms with E-state index in [2.05, 4.69) is 13.8 Å². The molecule has 0 N–H and O–H groups in total. The average Bonchev–Trinajstić information content (AvgIpc) is 2.73. The fraction of sp³-hybridized carbons (Fsp3) is 1.00. The summed E-state index contributed by atoms with van der Waals surface area (Å²) in [7, 11) is 0. The first kappa shape index (κ1) is 21.7. The molecule has 0 aromatic carbocycles. The SMILES string of the molecule is CCCCC1CCC(C2CCC(COC3CCC(CCC)CC3)CC2)CC1. The van der Waals surface area contributed by atoms with Gasteiger partial charge in [0.1, 0.15) is 0 Å². The lowest BCUT2D eigenvalue weighted by atomic mass is 9.69. The molecule has 0 unspecified atom stereocenters. The fourth-order valence-corrected chi connectivity index (χ4v) is 6.54. The molecule has 0 amide bonds. The second kappa shape index (κ2) is 11.8. The first-order chi connectivity index (χ1) is 13.3. The molecule has 0 aliphatic heterocycles. The Balaban J connectivity index is 1.26. The highest BCUT2D eigenvalue weighted by Gasteiger charge is 2.31. The van der Waals surface area contributed by atoms with E-state index in [9.17, 15) is 0 Å². The van der Waals surface area contributed by atoms with Crippen LogP contribution in [0.1, 0.15) is 123 Å². The zero-order chi connectivity index (χ0) is 18.9. The van der Waals surface area contributed by atoms with Crippen molar-refractivity contribution in [2.75, 3.05) is 6.61 Å². The van der Waals surface area contributed by atoms with E-state index in [1.54, 1.807) is 12.8 Å². The Bertz CT molecular complexity index is 368. The zero-order valence-corrected chi connectivity index (χ0v) is 18.6. The van der Waals surface area contributed by atoms with Gasteiger partial charge in [0, 0.05) is 6.61 Å². The minimum absolute atomic E-state index is 0.592. The minimum Gasteiger partial charge on any atom is -0.378 e. The summed E-state index contributed by atoms with van der Waals surface area (Å²) >= 11 is 0. The van der Waals surface area contributed by atoms with E-state index < -0.39 is 0 Å². The molecule has 0 aromatic rings. The van der Waals surface area contributed by atoms with Gasteiger partial charge in [-0.1, -0.05) is 58.8 Å². The van der Waals surface area contributed by atoms with Crippen molar-refractivity contribution in [2.24, 2.45) is 29.6 Å². The number of hydrogen-bond acceptors (Lipinski definition) is 1. The van der Waals surface area contributed by atoms with E-state index >= 15 is 0 Å². The maximum absolute atomic E-state index is 6.38. The van der Waals surface area contributed by atoms with Crippen molar-refractivity contribution in [3.8, 4) is 0 Å². The van der Waals surface area contributed by atoms with E-state index in [1.807, 2.05) is 0 Å². The van der Waals surface area contributed by atoms with Gasteiger partial charge in [0.2, 0.25) is 0 Å². The summed E-state index contributed by atoms with van der Waals surface area (Å²) in [5, 5.41) is 0. The molecule has 0 aromatic heterocycles. The van der Waals surface area contributed by atoms with E-state index in [0.29, 0.717) is 6.10 Å². The van der Waals surface area contributed by atoms with Crippen molar-refractivity contribution in [3.05, 3.63) is 0 Å². The zero-order valence-electron chi connectivity index (χ0n) is 18.6. The second-order valence-electron chi connectivity index (χ2n) is 10.5. The summed E-state index contributed by atoms with van der Waals surface area (Å²) in [6.45, 7) is 5.74. The first-order valence-electron chi connectivity index (χ1n) is 12.9. The third-order valence-corrected chi connectivity index (χ3v) is 8.47. The van der Waals surface area contributed by atoms with Crippen LogP contribution in [0.15, 0.2) is 0 Å². The van der Waals surface area contributed by atoms with Crippen molar-refractivity contribution < 1.29 is 4.74 Å². The maximum atomic E-state index is 6.38. The summed E-state index contributed by atoms with van der Waals surface area (Å²) < 4.78 is 6.38. The van der Waals surface area contributed by atoms with Crippen LogP contribution >= 0.6 is 0 Å². The molecule has 0 atom stereocenters. The Labute approximate surface area is 170 Å². The highest BCUT2D eigenvalue weighted by atomic mass is 16.5. The van der Waals surface area contributed by atoms with Crippen LogP contribution in [0.4, 0.5) is 0 Å². The Hall–Kier alpha value is -0.0400. The highest BCUT2D eigenvalue weighted by Crippen LogP contribution is 2.42. The van der Waals surface area contributed by atoms with Crippen molar-refractivity contribution >= 4 is 0 Å². The van der Waals surface area contributed by atoms with Gasteiger partial charge in [-0.3, -0.25) is 0 Å². The van der Waals surface area contributed by atoms with Gasteiger partial charge in [-0.25, -0.2) is 0 Å². The Morgan fingerprint density at radius 2 is 1.07 bits per heavy atom. The summed E-state index contributed by atoms with van der Waals surface area (Å²) in [5.74, 6) is 5.06.